The zero-order valence-electron chi connectivity index (χ0n) is 13.2. The SMILES string of the molecule is C(=Nc1c2c(nc3ccccc13)CCCC2)C1CCCCC1. The molecule has 0 atom stereocenters. The van der Waals surface area contributed by atoms with Gasteiger partial charge in [0.2, 0.25) is 0 Å². The Morgan fingerprint density at radius 3 is 2.68 bits per heavy atom. The van der Waals surface area contributed by atoms with Crippen molar-refractivity contribution in [2.75, 3.05) is 0 Å². The van der Waals surface area contributed by atoms with Crippen LogP contribution in [0.3, 0.4) is 0 Å². The van der Waals surface area contributed by atoms with E-state index in [1.807, 2.05) is 0 Å². The molecule has 114 valence electrons. The van der Waals surface area contributed by atoms with Crippen molar-refractivity contribution in [2.24, 2.45) is 10.9 Å². The van der Waals surface area contributed by atoms with Crippen LogP contribution < -0.4 is 0 Å². The standard InChI is InChI=1S/C20H24N2/c1-2-8-15(9-3-1)14-21-20-16-10-4-6-12-18(16)22-19-13-7-5-11-17(19)20/h4,6,10,12,14-15H,1-3,5,7-9,11,13H2. The molecule has 1 fully saturated rings. The number of aliphatic imine (C=N–C) groups is 1. The fraction of sp³-hybridized carbons (Fsp3) is 0.500. The molecule has 2 heteroatoms. The van der Waals surface area contributed by atoms with E-state index in [9.17, 15) is 0 Å². The van der Waals surface area contributed by atoms with Crippen molar-refractivity contribution in [1.82, 2.24) is 4.98 Å². The smallest absolute Gasteiger partial charge is 0.0769 e. The van der Waals surface area contributed by atoms with Gasteiger partial charge in [-0.2, -0.15) is 0 Å². The molecule has 0 N–H and O–H groups in total. The highest BCUT2D eigenvalue weighted by Gasteiger charge is 2.18. The molecule has 2 aromatic rings. The van der Waals surface area contributed by atoms with E-state index in [2.05, 4.69) is 30.5 Å². The van der Waals surface area contributed by atoms with E-state index in [4.69, 9.17) is 9.98 Å². The van der Waals surface area contributed by atoms with Crippen LogP contribution in [0.15, 0.2) is 29.3 Å². The second-order valence-electron chi connectivity index (χ2n) is 6.79. The van der Waals surface area contributed by atoms with Crippen molar-refractivity contribution in [2.45, 2.75) is 57.8 Å². The maximum absolute atomic E-state index is 5.01. The molecule has 4 rings (SSSR count). The predicted molar refractivity (Wildman–Crippen MR) is 93.1 cm³/mol. The Bertz CT molecular complexity index is 696. The van der Waals surface area contributed by atoms with E-state index >= 15 is 0 Å². The zero-order valence-corrected chi connectivity index (χ0v) is 13.2. The average molecular weight is 292 g/mol. The third kappa shape index (κ3) is 2.67. The number of aryl methyl sites for hydroxylation is 1. The summed E-state index contributed by atoms with van der Waals surface area (Å²) in [6.45, 7) is 0. The van der Waals surface area contributed by atoms with Crippen molar-refractivity contribution < 1.29 is 0 Å². The summed E-state index contributed by atoms with van der Waals surface area (Å²) in [5, 5.41) is 1.23. The van der Waals surface area contributed by atoms with Crippen LogP contribution in [0.5, 0.6) is 0 Å². The fourth-order valence-corrected chi connectivity index (χ4v) is 3.96. The molecule has 0 spiro atoms. The minimum atomic E-state index is 0.680. The highest BCUT2D eigenvalue weighted by atomic mass is 14.8. The molecule has 2 nitrogen and oxygen atoms in total. The lowest BCUT2D eigenvalue weighted by atomic mass is 9.90. The number of fused-ring (bicyclic) bond motifs is 2. The second kappa shape index (κ2) is 6.20. The summed E-state index contributed by atoms with van der Waals surface area (Å²) in [4.78, 5) is 9.90. The van der Waals surface area contributed by atoms with Crippen LogP contribution in [0.25, 0.3) is 10.9 Å². The molecule has 0 aliphatic heterocycles. The average Bonchev–Trinajstić information content (AvgIpc) is 2.59. The van der Waals surface area contributed by atoms with Gasteiger partial charge in [0.15, 0.2) is 0 Å². The van der Waals surface area contributed by atoms with Gasteiger partial charge in [-0.25, -0.2) is 0 Å². The van der Waals surface area contributed by atoms with E-state index in [1.54, 1.807) is 0 Å². The van der Waals surface area contributed by atoms with Crippen molar-refractivity contribution >= 4 is 22.8 Å². The molecule has 22 heavy (non-hydrogen) atoms. The Labute approximate surface area is 132 Å². The fourth-order valence-electron chi connectivity index (χ4n) is 3.96. The molecule has 1 aromatic heterocycles. The number of hydrogen-bond acceptors (Lipinski definition) is 2. The molecule has 0 unspecified atom stereocenters. The van der Waals surface area contributed by atoms with Crippen LogP contribution in [-0.2, 0) is 12.8 Å². The summed E-state index contributed by atoms with van der Waals surface area (Å²) in [6, 6.07) is 8.51. The Hall–Kier alpha value is -1.70. The van der Waals surface area contributed by atoms with E-state index in [0.29, 0.717) is 5.92 Å². The van der Waals surface area contributed by atoms with Gasteiger partial charge in [-0.3, -0.25) is 9.98 Å². The van der Waals surface area contributed by atoms with Gasteiger partial charge < -0.3 is 0 Å². The molecule has 1 saturated carbocycles. The van der Waals surface area contributed by atoms with E-state index in [1.165, 1.54) is 67.3 Å². The largest absolute Gasteiger partial charge is 0.260 e. The second-order valence-corrected chi connectivity index (χ2v) is 6.79. The van der Waals surface area contributed by atoms with Gasteiger partial charge >= 0.3 is 0 Å². The Balaban J connectivity index is 1.78. The lowest BCUT2D eigenvalue weighted by Gasteiger charge is -2.20. The summed E-state index contributed by atoms with van der Waals surface area (Å²) < 4.78 is 0. The highest BCUT2D eigenvalue weighted by Crippen LogP contribution is 2.35. The van der Waals surface area contributed by atoms with Crippen LogP contribution >= 0.6 is 0 Å². The molecule has 0 saturated heterocycles. The molecule has 2 aliphatic carbocycles. The Kier molecular flexibility index (Phi) is 3.92. The van der Waals surface area contributed by atoms with Gasteiger partial charge in [0, 0.05) is 17.3 Å². The van der Waals surface area contributed by atoms with Gasteiger partial charge in [0.25, 0.3) is 0 Å². The Morgan fingerprint density at radius 1 is 0.955 bits per heavy atom. The molecule has 0 amide bonds. The Morgan fingerprint density at radius 2 is 1.77 bits per heavy atom. The summed E-state index contributed by atoms with van der Waals surface area (Å²) in [7, 11) is 0. The number of aromatic nitrogens is 1. The van der Waals surface area contributed by atoms with E-state index in [-0.39, 0.29) is 0 Å². The summed E-state index contributed by atoms with van der Waals surface area (Å²) in [5.74, 6) is 0.680. The minimum Gasteiger partial charge on any atom is -0.260 e. The maximum atomic E-state index is 5.01. The normalized spacial score (nSPS) is 19.6. The number of pyridine rings is 1. The lowest BCUT2D eigenvalue weighted by molar-refractivity contribution is 0.445. The van der Waals surface area contributed by atoms with Gasteiger partial charge in [0.1, 0.15) is 0 Å². The first-order valence-corrected chi connectivity index (χ1v) is 8.86. The van der Waals surface area contributed by atoms with Crippen LogP contribution in [-0.4, -0.2) is 11.2 Å². The summed E-state index contributed by atoms with van der Waals surface area (Å²) >= 11 is 0. The van der Waals surface area contributed by atoms with Crippen molar-refractivity contribution in [1.29, 1.82) is 0 Å². The summed E-state index contributed by atoms with van der Waals surface area (Å²) in [5.41, 5.74) is 5.03. The van der Waals surface area contributed by atoms with Crippen molar-refractivity contribution in [3.05, 3.63) is 35.5 Å². The van der Waals surface area contributed by atoms with Gasteiger partial charge in [-0.1, -0.05) is 37.5 Å². The third-order valence-corrected chi connectivity index (χ3v) is 5.20. The maximum Gasteiger partial charge on any atom is 0.0769 e. The molecular weight excluding hydrogens is 268 g/mol. The first-order chi connectivity index (χ1) is 10.9. The molecule has 1 aromatic carbocycles. The van der Waals surface area contributed by atoms with E-state index < -0.39 is 0 Å². The minimum absolute atomic E-state index is 0.680. The zero-order chi connectivity index (χ0) is 14.8. The van der Waals surface area contributed by atoms with Gasteiger partial charge in [0.05, 0.1) is 11.2 Å². The summed E-state index contributed by atoms with van der Waals surface area (Å²) in [6.07, 6.45) is 13.8. The van der Waals surface area contributed by atoms with Crippen LogP contribution in [0.1, 0.15) is 56.2 Å². The molecule has 2 aliphatic rings. The first kappa shape index (κ1) is 13.9. The topological polar surface area (TPSA) is 25.2 Å². The third-order valence-electron chi connectivity index (χ3n) is 5.20. The van der Waals surface area contributed by atoms with Crippen molar-refractivity contribution in [3.63, 3.8) is 0 Å². The number of rotatable bonds is 2. The predicted octanol–water partition coefficient (Wildman–Crippen LogP) is 5.40. The number of para-hydroxylation sites is 1. The van der Waals surface area contributed by atoms with Crippen LogP contribution in [0, 0.1) is 5.92 Å². The number of nitrogens with zero attached hydrogens (tertiary/aromatic N) is 2. The van der Waals surface area contributed by atoms with E-state index in [0.717, 1.165) is 18.4 Å². The number of hydrogen-bond donors (Lipinski definition) is 0. The molecular formula is C20H24N2. The molecule has 1 heterocycles. The molecule has 0 bridgehead atoms. The van der Waals surface area contributed by atoms with Crippen molar-refractivity contribution in [3.8, 4) is 0 Å². The molecule has 0 radical (unpaired) electrons. The quantitative estimate of drug-likeness (QED) is 0.681. The van der Waals surface area contributed by atoms with Gasteiger partial charge in [-0.15, -0.1) is 0 Å². The number of benzene rings is 1. The monoisotopic (exact) mass is 292 g/mol. The van der Waals surface area contributed by atoms with Crippen LogP contribution in [0.2, 0.25) is 0 Å². The lowest BCUT2D eigenvalue weighted by Crippen LogP contribution is -2.08. The highest BCUT2D eigenvalue weighted by molar-refractivity contribution is 5.93. The first-order valence-electron chi connectivity index (χ1n) is 8.86. The van der Waals surface area contributed by atoms with Gasteiger partial charge in [-0.05, 0) is 56.1 Å². The van der Waals surface area contributed by atoms with Crippen LogP contribution in [0.4, 0.5) is 5.69 Å².